The molecule has 1 aromatic heterocycles. The number of aliphatic carboxylic acids is 1. The summed E-state index contributed by atoms with van der Waals surface area (Å²) < 4.78 is 1.26. The molecule has 1 aromatic carbocycles. The van der Waals surface area contributed by atoms with Crippen LogP contribution in [0, 0.1) is 0 Å². The van der Waals surface area contributed by atoms with Crippen LogP contribution < -0.4 is 10.9 Å². The van der Waals surface area contributed by atoms with Crippen LogP contribution in [0.1, 0.15) is 41.7 Å². The lowest BCUT2D eigenvalue weighted by atomic mass is 10.2. The average molecular weight is 343 g/mol. The molecule has 0 saturated carbocycles. The topological polar surface area (TPSA) is 101 Å². The van der Waals surface area contributed by atoms with E-state index in [2.05, 4.69) is 10.4 Å². The minimum atomic E-state index is -0.811. The molecule has 132 valence electrons. The maximum atomic E-state index is 12.1. The average Bonchev–Trinajstić information content (AvgIpc) is 2.60. The van der Waals surface area contributed by atoms with E-state index in [4.69, 9.17) is 5.11 Å². The van der Waals surface area contributed by atoms with Crippen molar-refractivity contribution in [1.82, 2.24) is 15.1 Å². The smallest absolute Gasteiger partial charge is 0.303 e. The maximum Gasteiger partial charge on any atom is 0.303 e. The van der Waals surface area contributed by atoms with Gasteiger partial charge in [-0.25, -0.2) is 4.68 Å². The second-order valence-corrected chi connectivity index (χ2v) is 5.66. The summed E-state index contributed by atoms with van der Waals surface area (Å²) in [5.41, 5.74) is 0.836. The van der Waals surface area contributed by atoms with Crippen LogP contribution in [0.15, 0.2) is 47.3 Å². The molecule has 0 fully saturated rings. The SMILES string of the molecule is O=C(O)CCCCCNC(=O)c1ccc(=O)n(Cc2ccccc2)n1. The summed E-state index contributed by atoms with van der Waals surface area (Å²) in [5, 5.41) is 15.4. The Bertz CT molecular complexity index is 771. The van der Waals surface area contributed by atoms with Gasteiger partial charge in [-0.1, -0.05) is 36.8 Å². The van der Waals surface area contributed by atoms with E-state index in [0.717, 1.165) is 12.0 Å². The number of nitrogens with zero attached hydrogens (tertiary/aromatic N) is 2. The molecule has 0 spiro atoms. The van der Waals surface area contributed by atoms with Crippen LogP contribution in [0.25, 0.3) is 0 Å². The highest BCUT2D eigenvalue weighted by atomic mass is 16.4. The van der Waals surface area contributed by atoms with E-state index in [1.165, 1.54) is 16.8 Å². The number of unbranched alkanes of at least 4 members (excludes halogenated alkanes) is 2. The van der Waals surface area contributed by atoms with Crippen molar-refractivity contribution in [2.24, 2.45) is 0 Å². The highest BCUT2D eigenvalue weighted by Crippen LogP contribution is 2.01. The Morgan fingerprint density at radius 2 is 1.80 bits per heavy atom. The number of carbonyl (C=O) groups excluding carboxylic acids is 1. The number of carboxylic acids is 1. The third-order valence-electron chi connectivity index (χ3n) is 3.63. The summed E-state index contributed by atoms with van der Waals surface area (Å²) in [6, 6.07) is 12.2. The zero-order chi connectivity index (χ0) is 18.1. The molecule has 1 heterocycles. The highest BCUT2D eigenvalue weighted by Gasteiger charge is 2.09. The van der Waals surface area contributed by atoms with Gasteiger partial charge in [-0.3, -0.25) is 14.4 Å². The Hall–Kier alpha value is -2.96. The van der Waals surface area contributed by atoms with Crippen LogP contribution in [0.5, 0.6) is 0 Å². The Kier molecular flexibility index (Phi) is 6.88. The number of hydrogen-bond donors (Lipinski definition) is 2. The van der Waals surface area contributed by atoms with Gasteiger partial charge in [-0.05, 0) is 24.5 Å². The van der Waals surface area contributed by atoms with Crippen molar-refractivity contribution >= 4 is 11.9 Å². The fourth-order valence-corrected chi connectivity index (χ4v) is 2.31. The van der Waals surface area contributed by atoms with Crippen molar-refractivity contribution in [2.45, 2.75) is 32.2 Å². The lowest BCUT2D eigenvalue weighted by Gasteiger charge is -2.08. The predicted octanol–water partition coefficient (Wildman–Crippen LogP) is 1.67. The molecule has 2 rings (SSSR count). The van der Waals surface area contributed by atoms with Gasteiger partial charge in [0.1, 0.15) is 5.69 Å². The molecule has 0 aliphatic heterocycles. The van der Waals surface area contributed by atoms with E-state index >= 15 is 0 Å². The molecule has 0 bridgehead atoms. The third-order valence-corrected chi connectivity index (χ3v) is 3.63. The van der Waals surface area contributed by atoms with Gasteiger partial charge in [0.25, 0.3) is 11.5 Å². The summed E-state index contributed by atoms with van der Waals surface area (Å²) in [7, 11) is 0. The number of aromatic nitrogens is 2. The Morgan fingerprint density at radius 3 is 2.52 bits per heavy atom. The summed E-state index contributed by atoms with van der Waals surface area (Å²) in [4.78, 5) is 34.4. The molecule has 2 aromatic rings. The van der Waals surface area contributed by atoms with Gasteiger partial charge in [-0.2, -0.15) is 5.10 Å². The first kappa shape index (κ1) is 18.4. The first-order chi connectivity index (χ1) is 12.1. The van der Waals surface area contributed by atoms with Gasteiger partial charge >= 0.3 is 5.97 Å². The standard InChI is InChI=1S/C18H21N3O4/c22-16-11-10-15(18(25)19-12-6-2-5-9-17(23)24)20-21(16)13-14-7-3-1-4-8-14/h1,3-4,7-8,10-11H,2,5-6,9,12-13H2,(H,19,25)(H,23,24). The van der Waals surface area contributed by atoms with E-state index in [9.17, 15) is 14.4 Å². The van der Waals surface area contributed by atoms with Gasteiger partial charge in [0.2, 0.25) is 0 Å². The predicted molar refractivity (Wildman–Crippen MR) is 92.5 cm³/mol. The Morgan fingerprint density at radius 1 is 1.04 bits per heavy atom. The summed E-state index contributed by atoms with van der Waals surface area (Å²) in [5.74, 6) is -1.16. The normalized spacial score (nSPS) is 10.4. The lowest BCUT2D eigenvalue weighted by Crippen LogP contribution is -2.30. The summed E-state index contributed by atoms with van der Waals surface area (Å²) in [6.07, 6.45) is 2.15. The maximum absolute atomic E-state index is 12.1. The third kappa shape index (κ3) is 6.21. The molecule has 7 nitrogen and oxygen atoms in total. The van der Waals surface area contributed by atoms with Crippen molar-refractivity contribution in [3.63, 3.8) is 0 Å². The number of nitrogens with one attached hydrogen (secondary N) is 1. The van der Waals surface area contributed by atoms with Crippen LogP contribution in [-0.2, 0) is 11.3 Å². The van der Waals surface area contributed by atoms with Crippen LogP contribution >= 0.6 is 0 Å². The fourth-order valence-electron chi connectivity index (χ4n) is 2.31. The number of hydrogen-bond acceptors (Lipinski definition) is 4. The van der Waals surface area contributed by atoms with Crippen molar-refractivity contribution in [3.05, 3.63) is 64.1 Å². The van der Waals surface area contributed by atoms with Crippen LogP contribution in [0.3, 0.4) is 0 Å². The molecule has 0 radical (unpaired) electrons. The second kappa shape index (κ2) is 9.36. The van der Waals surface area contributed by atoms with Crippen molar-refractivity contribution in [2.75, 3.05) is 6.54 Å². The Labute approximate surface area is 145 Å². The Balaban J connectivity index is 1.89. The molecule has 0 atom stereocenters. The monoisotopic (exact) mass is 343 g/mol. The van der Waals surface area contributed by atoms with Crippen LogP contribution in [-0.4, -0.2) is 33.3 Å². The minimum absolute atomic E-state index is 0.139. The molecule has 0 unspecified atom stereocenters. The molecule has 2 N–H and O–H groups in total. The summed E-state index contributed by atoms with van der Waals surface area (Å²) in [6.45, 7) is 0.744. The van der Waals surface area contributed by atoms with Gasteiger partial charge in [0.05, 0.1) is 6.54 Å². The highest BCUT2D eigenvalue weighted by molar-refractivity contribution is 5.91. The van der Waals surface area contributed by atoms with Gasteiger partial charge in [0, 0.05) is 19.0 Å². The molecular weight excluding hydrogens is 322 g/mol. The summed E-state index contributed by atoms with van der Waals surface area (Å²) >= 11 is 0. The molecule has 0 aliphatic carbocycles. The first-order valence-corrected chi connectivity index (χ1v) is 8.18. The quantitative estimate of drug-likeness (QED) is 0.674. The number of amides is 1. The van der Waals surface area contributed by atoms with E-state index < -0.39 is 5.97 Å². The number of carboxylic acid groups (broad SMARTS) is 1. The van der Waals surface area contributed by atoms with Crippen LogP contribution in [0.4, 0.5) is 0 Å². The first-order valence-electron chi connectivity index (χ1n) is 8.18. The van der Waals surface area contributed by atoms with E-state index in [1.807, 2.05) is 30.3 Å². The van der Waals surface area contributed by atoms with Gasteiger partial charge < -0.3 is 10.4 Å². The molecule has 0 aliphatic rings. The number of carbonyl (C=O) groups is 2. The van der Waals surface area contributed by atoms with E-state index in [1.54, 1.807) is 0 Å². The lowest BCUT2D eigenvalue weighted by molar-refractivity contribution is -0.137. The zero-order valence-corrected chi connectivity index (χ0v) is 13.9. The minimum Gasteiger partial charge on any atom is -0.481 e. The van der Waals surface area contributed by atoms with Crippen molar-refractivity contribution in [1.29, 1.82) is 0 Å². The van der Waals surface area contributed by atoms with Crippen molar-refractivity contribution in [3.8, 4) is 0 Å². The zero-order valence-electron chi connectivity index (χ0n) is 13.9. The van der Waals surface area contributed by atoms with Crippen molar-refractivity contribution < 1.29 is 14.7 Å². The molecule has 0 saturated heterocycles. The van der Waals surface area contributed by atoms with Gasteiger partial charge in [0.15, 0.2) is 0 Å². The van der Waals surface area contributed by atoms with Crippen LogP contribution in [0.2, 0.25) is 0 Å². The largest absolute Gasteiger partial charge is 0.481 e. The van der Waals surface area contributed by atoms with E-state index in [0.29, 0.717) is 25.9 Å². The number of benzene rings is 1. The second-order valence-electron chi connectivity index (χ2n) is 5.66. The van der Waals surface area contributed by atoms with E-state index in [-0.39, 0.29) is 23.6 Å². The molecular formula is C18H21N3O4. The van der Waals surface area contributed by atoms with Gasteiger partial charge in [-0.15, -0.1) is 0 Å². The molecule has 25 heavy (non-hydrogen) atoms. The molecule has 7 heteroatoms. The number of rotatable bonds is 9. The fraction of sp³-hybridized carbons (Fsp3) is 0.333. The molecule has 1 amide bonds.